The summed E-state index contributed by atoms with van der Waals surface area (Å²) in [5.74, 6) is 1.23. The standard InChI is InChI=1S/C23H43NO3Si/c1-17-9-10-18(13-21(25)24-5)20(14-28(6,7)8)19(17)11-12-23(4)26-15-22(2,3)16-27-23/h14,17-19H,9-13,15-16H2,1-8H3,(H,24,25)/b20-14-/t17-,18+,19+/m1/s1. The Morgan fingerprint density at radius 3 is 2.32 bits per heavy atom. The molecule has 0 aromatic heterocycles. The second-order valence-corrected chi connectivity index (χ2v) is 16.2. The largest absolute Gasteiger partial charge is 0.359 e. The Labute approximate surface area is 173 Å². The van der Waals surface area contributed by atoms with Gasteiger partial charge in [0.1, 0.15) is 0 Å². The number of amides is 1. The topological polar surface area (TPSA) is 47.6 Å². The van der Waals surface area contributed by atoms with Crippen LogP contribution in [0.5, 0.6) is 0 Å². The highest BCUT2D eigenvalue weighted by atomic mass is 28.3. The van der Waals surface area contributed by atoms with Gasteiger partial charge in [-0.15, -0.1) is 0 Å². The van der Waals surface area contributed by atoms with E-state index in [1.807, 2.05) is 0 Å². The molecule has 0 bridgehead atoms. The monoisotopic (exact) mass is 409 g/mol. The lowest BCUT2D eigenvalue weighted by molar-refractivity contribution is -0.293. The average molecular weight is 410 g/mol. The molecule has 0 aromatic rings. The number of hydrogen-bond acceptors (Lipinski definition) is 3. The van der Waals surface area contributed by atoms with Gasteiger partial charge in [0.05, 0.1) is 21.3 Å². The van der Waals surface area contributed by atoms with Crippen LogP contribution in [0.15, 0.2) is 11.3 Å². The molecule has 1 amide bonds. The number of allylic oxidation sites excluding steroid dienone is 1. The summed E-state index contributed by atoms with van der Waals surface area (Å²) < 4.78 is 12.3. The summed E-state index contributed by atoms with van der Waals surface area (Å²) in [6.45, 7) is 17.5. The van der Waals surface area contributed by atoms with E-state index in [9.17, 15) is 4.79 Å². The van der Waals surface area contributed by atoms with Crippen molar-refractivity contribution in [2.24, 2.45) is 23.2 Å². The van der Waals surface area contributed by atoms with Crippen molar-refractivity contribution in [3.63, 3.8) is 0 Å². The fourth-order valence-corrected chi connectivity index (χ4v) is 5.98. The van der Waals surface area contributed by atoms with E-state index in [2.05, 4.69) is 58.4 Å². The molecular weight excluding hydrogens is 366 g/mol. The molecule has 2 fully saturated rings. The summed E-state index contributed by atoms with van der Waals surface area (Å²) in [5, 5.41) is 2.82. The van der Waals surface area contributed by atoms with Crippen LogP contribution in [0.4, 0.5) is 0 Å². The lowest BCUT2D eigenvalue weighted by Gasteiger charge is -2.44. The highest BCUT2D eigenvalue weighted by Gasteiger charge is 2.40. The van der Waals surface area contributed by atoms with Crippen LogP contribution in [0.3, 0.4) is 0 Å². The van der Waals surface area contributed by atoms with Gasteiger partial charge in [-0.2, -0.15) is 0 Å². The molecule has 1 aliphatic heterocycles. The molecule has 162 valence electrons. The second-order valence-electron chi connectivity index (χ2n) is 11.2. The number of nitrogens with one attached hydrogen (secondary N) is 1. The van der Waals surface area contributed by atoms with Crippen molar-refractivity contribution in [1.29, 1.82) is 0 Å². The first kappa shape index (κ1) is 23.6. The van der Waals surface area contributed by atoms with Crippen LogP contribution in [0, 0.1) is 23.2 Å². The molecule has 1 heterocycles. The Balaban J connectivity index is 2.16. The zero-order chi connectivity index (χ0) is 21.2. The first-order chi connectivity index (χ1) is 12.8. The molecule has 1 aliphatic carbocycles. The van der Waals surface area contributed by atoms with Crippen LogP contribution in [0.2, 0.25) is 19.6 Å². The quantitative estimate of drug-likeness (QED) is 0.617. The van der Waals surface area contributed by atoms with Crippen LogP contribution < -0.4 is 5.32 Å². The van der Waals surface area contributed by atoms with Crippen LogP contribution >= 0.6 is 0 Å². The number of ether oxygens (including phenoxy) is 2. The third-order valence-corrected chi connectivity index (χ3v) is 7.51. The molecule has 28 heavy (non-hydrogen) atoms. The molecule has 0 radical (unpaired) electrons. The van der Waals surface area contributed by atoms with Crippen LogP contribution in [-0.4, -0.2) is 40.0 Å². The smallest absolute Gasteiger partial charge is 0.220 e. The minimum absolute atomic E-state index is 0.0964. The van der Waals surface area contributed by atoms with Gasteiger partial charge >= 0.3 is 0 Å². The van der Waals surface area contributed by atoms with Gasteiger partial charge < -0.3 is 14.8 Å². The Morgan fingerprint density at radius 1 is 1.18 bits per heavy atom. The molecule has 0 spiro atoms. The third kappa shape index (κ3) is 6.70. The molecule has 1 saturated carbocycles. The Morgan fingerprint density at radius 2 is 1.79 bits per heavy atom. The predicted molar refractivity (Wildman–Crippen MR) is 119 cm³/mol. The van der Waals surface area contributed by atoms with Gasteiger partial charge in [-0.1, -0.05) is 51.7 Å². The lowest BCUT2D eigenvalue weighted by Crippen LogP contribution is -2.46. The third-order valence-electron chi connectivity index (χ3n) is 6.31. The SMILES string of the molecule is CNC(=O)C[C@@H]1CC[C@@H](C)[C@H](CCC2(C)OCC(C)(C)CO2)/C1=C\[Si](C)(C)C. The summed E-state index contributed by atoms with van der Waals surface area (Å²) in [4.78, 5) is 12.1. The zero-order valence-corrected chi connectivity index (χ0v) is 20.5. The van der Waals surface area contributed by atoms with Gasteiger partial charge in [-0.25, -0.2) is 0 Å². The lowest BCUT2D eigenvalue weighted by atomic mass is 9.68. The van der Waals surface area contributed by atoms with E-state index in [0.717, 1.165) is 32.5 Å². The Kier molecular flexibility index (Phi) is 7.60. The summed E-state index contributed by atoms with van der Waals surface area (Å²) in [6, 6.07) is 0. The minimum atomic E-state index is -1.38. The summed E-state index contributed by atoms with van der Waals surface area (Å²) in [6.07, 6.45) is 4.92. The molecule has 5 heteroatoms. The van der Waals surface area contributed by atoms with E-state index >= 15 is 0 Å². The summed E-state index contributed by atoms with van der Waals surface area (Å²) in [5.41, 5.74) is 4.22. The van der Waals surface area contributed by atoms with Crippen LogP contribution in [0.25, 0.3) is 0 Å². The van der Waals surface area contributed by atoms with E-state index in [4.69, 9.17) is 9.47 Å². The van der Waals surface area contributed by atoms with Crippen molar-refractivity contribution in [3.8, 4) is 0 Å². The molecule has 2 aliphatic rings. The molecule has 0 unspecified atom stereocenters. The van der Waals surface area contributed by atoms with E-state index < -0.39 is 13.9 Å². The molecular formula is C23H43NO3Si. The number of carbonyl (C=O) groups excluding carboxylic acids is 1. The Bertz CT molecular complexity index is 569. The molecule has 1 N–H and O–H groups in total. The van der Waals surface area contributed by atoms with Crippen molar-refractivity contribution in [1.82, 2.24) is 5.32 Å². The highest BCUT2D eigenvalue weighted by molar-refractivity contribution is 6.81. The first-order valence-electron chi connectivity index (χ1n) is 11.1. The maximum absolute atomic E-state index is 12.1. The van der Waals surface area contributed by atoms with Gasteiger partial charge in [-0.05, 0) is 43.9 Å². The van der Waals surface area contributed by atoms with E-state index in [1.54, 1.807) is 12.6 Å². The van der Waals surface area contributed by atoms with Gasteiger partial charge in [0.15, 0.2) is 5.79 Å². The zero-order valence-electron chi connectivity index (χ0n) is 19.5. The molecule has 0 aromatic carbocycles. The predicted octanol–water partition coefficient (Wildman–Crippen LogP) is 5.16. The summed E-state index contributed by atoms with van der Waals surface area (Å²) >= 11 is 0. The minimum Gasteiger partial charge on any atom is -0.359 e. The van der Waals surface area contributed by atoms with Crippen molar-refractivity contribution >= 4 is 14.0 Å². The first-order valence-corrected chi connectivity index (χ1v) is 14.6. The molecule has 2 rings (SSSR count). The van der Waals surface area contributed by atoms with E-state index in [1.165, 1.54) is 6.42 Å². The van der Waals surface area contributed by atoms with Crippen molar-refractivity contribution < 1.29 is 14.3 Å². The fourth-order valence-electron chi connectivity index (χ4n) is 4.53. The Hall–Kier alpha value is -0.653. The number of rotatable bonds is 6. The molecule has 4 nitrogen and oxygen atoms in total. The van der Waals surface area contributed by atoms with Crippen molar-refractivity contribution in [2.45, 2.75) is 85.2 Å². The molecule has 1 saturated heterocycles. The second kappa shape index (κ2) is 9.01. The van der Waals surface area contributed by atoms with Gasteiger partial charge in [0, 0.05) is 25.3 Å². The van der Waals surface area contributed by atoms with Gasteiger partial charge in [-0.3, -0.25) is 4.79 Å². The molecule has 3 atom stereocenters. The van der Waals surface area contributed by atoms with Crippen LogP contribution in [-0.2, 0) is 14.3 Å². The average Bonchev–Trinajstić information content (AvgIpc) is 2.58. The van der Waals surface area contributed by atoms with Crippen molar-refractivity contribution in [2.75, 3.05) is 20.3 Å². The number of carbonyl (C=O) groups is 1. The van der Waals surface area contributed by atoms with Crippen LogP contribution in [0.1, 0.15) is 59.8 Å². The summed E-state index contributed by atoms with van der Waals surface area (Å²) in [7, 11) is 0.362. The number of hydrogen-bond donors (Lipinski definition) is 1. The van der Waals surface area contributed by atoms with Gasteiger partial charge in [0.25, 0.3) is 0 Å². The maximum Gasteiger partial charge on any atom is 0.220 e. The van der Waals surface area contributed by atoms with Gasteiger partial charge in [0.2, 0.25) is 5.91 Å². The van der Waals surface area contributed by atoms with E-state index in [-0.39, 0.29) is 11.3 Å². The fraction of sp³-hybridized carbons (Fsp3) is 0.870. The normalized spacial score (nSPS) is 31.6. The maximum atomic E-state index is 12.1. The van der Waals surface area contributed by atoms with E-state index in [0.29, 0.717) is 24.2 Å². The van der Waals surface area contributed by atoms with Crippen molar-refractivity contribution in [3.05, 3.63) is 11.3 Å². The highest BCUT2D eigenvalue weighted by Crippen LogP contribution is 2.44.